The first kappa shape index (κ1) is 17.3. The maximum atomic E-state index is 12.2. The Labute approximate surface area is 138 Å². The number of carbonyl (C=O) groups is 1. The number of hydrogen-bond acceptors (Lipinski definition) is 3. The first-order valence-corrected chi connectivity index (χ1v) is 7.30. The molecule has 0 radical (unpaired) electrons. The molecule has 1 amide bonds. The topological polar surface area (TPSA) is 51.2 Å². The molecule has 122 valence electrons. The Morgan fingerprint density at radius 3 is 2.70 bits per heavy atom. The average Bonchev–Trinajstić information content (AvgIpc) is 2.41. The van der Waals surface area contributed by atoms with Gasteiger partial charge in [-0.2, -0.15) is 0 Å². The van der Waals surface area contributed by atoms with Crippen LogP contribution in [0.5, 0.6) is 5.75 Å². The maximum Gasteiger partial charge on any atom is 0.573 e. The van der Waals surface area contributed by atoms with E-state index in [9.17, 15) is 18.0 Å². The zero-order valence-electron chi connectivity index (χ0n) is 11.9. The molecule has 8 heteroatoms. The minimum absolute atomic E-state index is 0.0914. The van der Waals surface area contributed by atoms with Crippen molar-refractivity contribution in [3.05, 3.63) is 52.1 Å². The maximum absolute atomic E-state index is 12.2. The lowest BCUT2D eigenvalue weighted by molar-refractivity contribution is -0.274. The van der Waals surface area contributed by atoms with E-state index in [0.717, 1.165) is 4.47 Å². The van der Waals surface area contributed by atoms with Crippen LogP contribution in [0.1, 0.15) is 11.3 Å². The first-order chi connectivity index (χ1) is 10.7. The van der Waals surface area contributed by atoms with E-state index in [1.807, 2.05) is 0 Å². The van der Waals surface area contributed by atoms with Crippen LogP contribution in [0.3, 0.4) is 0 Å². The Hall–Kier alpha value is -2.09. The third-order valence-electron chi connectivity index (χ3n) is 2.79. The number of pyridine rings is 1. The summed E-state index contributed by atoms with van der Waals surface area (Å²) in [5.74, 6) is -0.373. The molecule has 0 saturated heterocycles. The largest absolute Gasteiger partial charge is 0.573 e. The van der Waals surface area contributed by atoms with Crippen LogP contribution in [0.15, 0.2) is 40.9 Å². The number of nitrogens with zero attached hydrogens (tertiary/aromatic N) is 1. The third kappa shape index (κ3) is 5.55. The van der Waals surface area contributed by atoms with Crippen LogP contribution in [0, 0.1) is 6.92 Å². The fourth-order valence-electron chi connectivity index (χ4n) is 1.84. The summed E-state index contributed by atoms with van der Waals surface area (Å²) in [4.78, 5) is 16.1. The number of amides is 1. The Bertz CT molecular complexity index is 720. The number of carbonyl (C=O) groups excluding carboxylic acids is 1. The van der Waals surface area contributed by atoms with Gasteiger partial charge < -0.3 is 10.1 Å². The van der Waals surface area contributed by atoms with Crippen molar-refractivity contribution in [1.82, 2.24) is 4.98 Å². The van der Waals surface area contributed by atoms with Gasteiger partial charge in [0.1, 0.15) is 11.6 Å². The number of benzene rings is 1. The summed E-state index contributed by atoms with van der Waals surface area (Å²) in [5, 5.41) is 2.59. The van der Waals surface area contributed by atoms with Crippen LogP contribution in [0.2, 0.25) is 0 Å². The molecular formula is C15H12BrF3N2O2. The van der Waals surface area contributed by atoms with Crippen molar-refractivity contribution in [2.75, 3.05) is 5.32 Å². The summed E-state index contributed by atoms with van der Waals surface area (Å²) in [6.45, 7) is 1.78. The summed E-state index contributed by atoms with van der Waals surface area (Å²) >= 11 is 3.30. The van der Waals surface area contributed by atoms with Crippen molar-refractivity contribution in [2.24, 2.45) is 0 Å². The molecule has 1 N–H and O–H groups in total. The molecule has 0 aliphatic heterocycles. The summed E-state index contributed by atoms with van der Waals surface area (Å²) < 4.78 is 41.2. The first-order valence-electron chi connectivity index (χ1n) is 6.50. The second kappa shape index (κ2) is 6.99. The van der Waals surface area contributed by atoms with E-state index in [1.54, 1.807) is 25.1 Å². The molecule has 4 nitrogen and oxygen atoms in total. The number of nitrogens with one attached hydrogen (secondary N) is 1. The molecule has 1 aromatic carbocycles. The normalized spacial score (nSPS) is 11.2. The zero-order chi connectivity index (χ0) is 17.0. The molecule has 2 aromatic rings. The van der Waals surface area contributed by atoms with Crippen molar-refractivity contribution < 1.29 is 22.7 Å². The zero-order valence-corrected chi connectivity index (χ0v) is 13.5. The summed E-state index contributed by atoms with van der Waals surface area (Å²) in [7, 11) is 0. The van der Waals surface area contributed by atoms with E-state index in [2.05, 4.69) is 31.0 Å². The van der Waals surface area contributed by atoms with Gasteiger partial charge in [0.15, 0.2) is 0 Å². The van der Waals surface area contributed by atoms with Gasteiger partial charge in [0, 0.05) is 4.47 Å². The lowest BCUT2D eigenvalue weighted by Crippen LogP contribution is -2.18. The number of alkyl halides is 3. The number of hydrogen-bond donors (Lipinski definition) is 1. The van der Waals surface area contributed by atoms with E-state index < -0.39 is 6.36 Å². The van der Waals surface area contributed by atoms with Gasteiger partial charge in [0.05, 0.1) is 12.1 Å². The predicted molar refractivity (Wildman–Crippen MR) is 82.1 cm³/mol. The monoisotopic (exact) mass is 388 g/mol. The van der Waals surface area contributed by atoms with Gasteiger partial charge in [0.25, 0.3) is 0 Å². The Morgan fingerprint density at radius 2 is 2.04 bits per heavy atom. The number of ether oxygens (including phenoxy) is 1. The van der Waals surface area contributed by atoms with Crippen LogP contribution in [0.4, 0.5) is 19.0 Å². The van der Waals surface area contributed by atoms with Crippen LogP contribution in [0.25, 0.3) is 0 Å². The second-order valence-corrected chi connectivity index (χ2v) is 5.54. The molecule has 0 spiro atoms. The quantitative estimate of drug-likeness (QED) is 0.852. The number of halogens is 4. The van der Waals surface area contributed by atoms with Gasteiger partial charge >= 0.3 is 6.36 Å². The molecule has 0 aliphatic rings. The Morgan fingerprint density at radius 1 is 1.30 bits per heavy atom. The van der Waals surface area contributed by atoms with Crippen LogP contribution < -0.4 is 10.1 Å². The van der Waals surface area contributed by atoms with Crippen LogP contribution >= 0.6 is 15.9 Å². The van der Waals surface area contributed by atoms with Crippen molar-refractivity contribution in [2.45, 2.75) is 19.7 Å². The van der Waals surface area contributed by atoms with E-state index in [0.29, 0.717) is 17.1 Å². The molecule has 2 rings (SSSR count). The third-order valence-corrected chi connectivity index (χ3v) is 3.62. The smallest absolute Gasteiger partial charge is 0.406 e. The molecular weight excluding hydrogens is 377 g/mol. The molecule has 0 bridgehead atoms. The number of rotatable bonds is 4. The lowest BCUT2D eigenvalue weighted by atomic mass is 10.1. The summed E-state index contributed by atoms with van der Waals surface area (Å²) in [5.41, 5.74) is 1.11. The number of aryl methyl sites for hydroxylation is 1. The molecule has 1 aromatic heterocycles. The van der Waals surface area contributed by atoms with Gasteiger partial charge in [-0.3, -0.25) is 4.79 Å². The van der Waals surface area contributed by atoms with Crippen molar-refractivity contribution in [3.8, 4) is 5.75 Å². The highest BCUT2D eigenvalue weighted by atomic mass is 79.9. The van der Waals surface area contributed by atoms with E-state index in [-0.39, 0.29) is 18.1 Å². The highest BCUT2D eigenvalue weighted by Crippen LogP contribution is 2.23. The van der Waals surface area contributed by atoms with Gasteiger partial charge in [0.2, 0.25) is 5.91 Å². The SMILES string of the molecule is Cc1nc(NC(=O)Cc2cccc(OC(F)(F)F)c2)ccc1Br. The highest BCUT2D eigenvalue weighted by molar-refractivity contribution is 9.10. The molecule has 23 heavy (non-hydrogen) atoms. The van der Waals surface area contributed by atoms with E-state index >= 15 is 0 Å². The van der Waals surface area contributed by atoms with Crippen LogP contribution in [-0.2, 0) is 11.2 Å². The highest BCUT2D eigenvalue weighted by Gasteiger charge is 2.31. The fourth-order valence-corrected chi connectivity index (χ4v) is 2.06. The molecule has 0 fully saturated rings. The van der Waals surface area contributed by atoms with Crippen LogP contribution in [-0.4, -0.2) is 17.3 Å². The summed E-state index contributed by atoms with van der Waals surface area (Å²) in [6, 6.07) is 8.66. The van der Waals surface area contributed by atoms with E-state index in [4.69, 9.17) is 0 Å². The average molecular weight is 389 g/mol. The number of anilines is 1. The minimum atomic E-state index is -4.76. The van der Waals surface area contributed by atoms with Crippen molar-refractivity contribution in [3.63, 3.8) is 0 Å². The molecule has 0 aliphatic carbocycles. The standard InChI is InChI=1S/C15H12BrF3N2O2/c1-9-12(16)5-6-13(20-9)21-14(22)8-10-3-2-4-11(7-10)23-15(17,18)19/h2-7H,8H2,1H3,(H,20,21,22). The van der Waals surface area contributed by atoms with Crippen molar-refractivity contribution >= 4 is 27.7 Å². The Kier molecular flexibility index (Phi) is 5.25. The molecule has 1 heterocycles. The molecule has 0 saturated carbocycles. The second-order valence-electron chi connectivity index (χ2n) is 4.68. The molecule has 0 unspecified atom stereocenters. The molecule has 0 atom stereocenters. The number of aromatic nitrogens is 1. The summed E-state index contributed by atoms with van der Waals surface area (Å²) in [6.07, 6.45) is -4.86. The van der Waals surface area contributed by atoms with Gasteiger partial charge in [-0.1, -0.05) is 12.1 Å². The van der Waals surface area contributed by atoms with E-state index in [1.165, 1.54) is 18.2 Å². The van der Waals surface area contributed by atoms with Crippen molar-refractivity contribution in [1.29, 1.82) is 0 Å². The van der Waals surface area contributed by atoms with Gasteiger partial charge in [-0.05, 0) is 52.7 Å². The lowest BCUT2D eigenvalue weighted by Gasteiger charge is -2.10. The Balaban J connectivity index is 2.02. The minimum Gasteiger partial charge on any atom is -0.406 e. The fraction of sp³-hybridized carbons (Fsp3) is 0.200. The van der Waals surface area contributed by atoms with Gasteiger partial charge in [-0.25, -0.2) is 4.98 Å². The predicted octanol–water partition coefficient (Wildman–Crippen LogP) is 4.23. The van der Waals surface area contributed by atoms with Gasteiger partial charge in [-0.15, -0.1) is 13.2 Å².